The lowest BCUT2D eigenvalue weighted by molar-refractivity contribution is -0.0374. The molecule has 0 bridgehead atoms. The molecule has 0 saturated carbocycles. The van der Waals surface area contributed by atoms with Gasteiger partial charge in [0.1, 0.15) is 24.1 Å². The maximum Gasteiger partial charge on any atom is 0.165 e. The maximum atomic E-state index is 13.2. The van der Waals surface area contributed by atoms with Gasteiger partial charge in [0.05, 0.1) is 5.60 Å². The van der Waals surface area contributed by atoms with Crippen molar-refractivity contribution >= 4 is 0 Å². The number of halogens is 1. The first kappa shape index (κ1) is 21.1. The highest BCUT2D eigenvalue weighted by atomic mass is 19.1. The minimum Gasteiger partial charge on any atom is -0.487 e. The van der Waals surface area contributed by atoms with Crippen LogP contribution in [0.25, 0.3) is 0 Å². The Bertz CT molecular complexity index is 875. The Hall–Kier alpha value is -2.15. The molecule has 1 unspecified atom stereocenters. The van der Waals surface area contributed by atoms with Crippen molar-refractivity contribution in [2.24, 2.45) is 0 Å². The zero-order valence-electron chi connectivity index (χ0n) is 17.6. The van der Waals surface area contributed by atoms with Crippen molar-refractivity contribution < 1.29 is 24.1 Å². The third kappa shape index (κ3) is 4.61. The highest BCUT2D eigenvalue weighted by Gasteiger charge is 2.35. The topological polar surface area (TPSA) is 62.2 Å². The molecule has 2 aliphatic rings. The maximum absolute atomic E-state index is 13.2. The number of β-amino-alcohol motifs (C(OH)–C–C–N with tert-alkyl or cyclic N) is 1. The number of benzene rings is 2. The molecule has 0 radical (unpaired) electrons. The van der Waals surface area contributed by atoms with Gasteiger partial charge in [-0.15, -0.1) is 0 Å². The molecule has 1 saturated heterocycles. The summed E-state index contributed by atoms with van der Waals surface area (Å²) in [6.07, 6.45) is 1.28. The van der Waals surface area contributed by atoms with Crippen molar-refractivity contribution in [1.82, 2.24) is 4.90 Å². The molecule has 4 rings (SSSR count). The summed E-state index contributed by atoms with van der Waals surface area (Å²) < 4.78 is 25.0. The number of nitrogens with zero attached hydrogens (tertiary/aromatic N) is 1. The van der Waals surface area contributed by atoms with E-state index in [2.05, 4.69) is 18.7 Å². The standard InChI is InChI=1S/C24H30FNO4/c1-23(2)14-17-4-3-5-21(22(17)30-23)29-16-20(27)15-26-12-10-24(28,11-13-26)18-6-8-19(25)9-7-18/h3-9,20,27-28H,10-16H2,1-2H3. The Morgan fingerprint density at radius 3 is 2.53 bits per heavy atom. The van der Waals surface area contributed by atoms with Gasteiger partial charge in [0.2, 0.25) is 0 Å². The fourth-order valence-corrected chi connectivity index (χ4v) is 4.39. The summed E-state index contributed by atoms with van der Waals surface area (Å²) >= 11 is 0. The van der Waals surface area contributed by atoms with Crippen molar-refractivity contribution in [3.05, 3.63) is 59.4 Å². The van der Waals surface area contributed by atoms with E-state index in [0.717, 1.165) is 23.3 Å². The van der Waals surface area contributed by atoms with Crippen molar-refractivity contribution in [2.45, 2.75) is 50.4 Å². The van der Waals surface area contributed by atoms with E-state index in [1.807, 2.05) is 18.2 Å². The zero-order chi connectivity index (χ0) is 21.4. The Kier molecular flexibility index (Phi) is 5.75. The van der Waals surface area contributed by atoms with Gasteiger partial charge in [-0.2, -0.15) is 0 Å². The Morgan fingerprint density at radius 2 is 1.83 bits per heavy atom. The lowest BCUT2D eigenvalue weighted by atomic mass is 9.84. The second-order valence-corrected chi connectivity index (χ2v) is 9.09. The predicted molar refractivity (Wildman–Crippen MR) is 112 cm³/mol. The van der Waals surface area contributed by atoms with Crippen molar-refractivity contribution in [2.75, 3.05) is 26.2 Å². The van der Waals surface area contributed by atoms with Crippen LogP contribution in [-0.2, 0) is 12.0 Å². The van der Waals surface area contributed by atoms with Gasteiger partial charge in [0, 0.05) is 31.6 Å². The van der Waals surface area contributed by atoms with Crippen molar-refractivity contribution in [1.29, 1.82) is 0 Å². The van der Waals surface area contributed by atoms with Crippen LogP contribution in [-0.4, -0.2) is 53.1 Å². The van der Waals surface area contributed by atoms with Gasteiger partial charge in [-0.1, -0.05) is 24.3 Å². The average Bonchev–Trinajstić information content (AvgIpc) is 3.03. The molecule has 30 heavy (non-hydrogen) atoms. The number of aliphatic hydroxyl groups is 2. The summed E-state index contributed by atoms with van der Waals surface area (Å²) in [4.78, 5) is 2.13. The average molecular weight is 416 g/mol. The molecule has 2 N–H and O–H groups in total. The summed E-state index contributed by atoms with van der Waals surface area (Å²) in [6, 6.07) is 11.9. The lowest BCUT2D eigenvalue weighted by Gasteiger charge is -2.39. The highest BCUT2D eigenvalue weighted by molar-refractivity contribution is 5.50. The first-order valence-electron chi connectivity index (χ1n) is 10.6. The number of hydrogen-bond acceptors (Lipinski definition) is 5. The van der Waals surface area contributed by atoms with Crippen LogP contribution in [0.4, 0.5) is 4.39 Å². The van der Waals surface area contributed by atoms with E-state index in [9.17, 15) is 14.6 Å². The van der Waals surface area contributed by atoms with Gasteiger partial charge in [0.25, 0.3) is 0 Å². The normalized spacial score (nSPS) is 21.0. The van der Waals surface area contributed by atoms with Gasteiger partial charge in [-0.25, -0.2) is 4.39 Å². The molecule has 0 amide bonds. The second kappa shape index (κ2) is 8.17. The zero-order valence-corrected chi connectivity index (χ0v) is 17.6. The Balaban J connectivity index is 1.28. The summed E-state index contributed by atoms with van der Waals surface area (Å²) in [5.41, 5.74) is 0.687. The monoisotopic (exact) mass is 415 g/mol. The number of rotatable bonds is 6. The molecule has 6 heteroatoms. The first-order valence-corrected chi connectivity index (χ1v) is 10.6. The third-order valence-corrected chi connectivity index (χ3v) is 6.02. The van der Waals surface area contributed by atoms with E-state index in [4.69, 9.17) is 9.47 Å². The molecule has 2 aromatic rings. The minimum absolute atomic E-state index is 0.180. The summed E-state index contributed by atoms with van der Waals surface area (Å²) in [6.45, 7) is 6.07. The van der Waals surface area contributed by atoms with Crippen LogP contribution in [0.1, 0.15) is 37.8 Å². The Labute approximate surface area is 177 Å². The molecular formula is C24H30FNO4. The summed E-state index contributed by atoms with van der Waals surface area (Å²) in [5, 5.41) is 21.4. The van der Waals surface area contributed by atoms with Crippen molar-refractivity contribution in [3.63, 3.8) is 0 Å². The van der Waals surface area contributed by atoms with Crippen LogP contribution in [0.5, 0.6) is 11.5 Å². The SMILES string of the molecule is CC1(C)Cc2cccc(OCC(O)CN3CCC(O)(c4ccc(F)cc4)CC3)c2O1. The largest absolute Gasteiger partial charge is 0.487 e. The first-order chi connectivity index (χ1) is 14.2. The molecule has 1 fully saturated rings. The van der Waals surface area contributed by atoms with Crippen molar-refractivity contribution in [3.8, 4) is 11.5 Å². The number of hydrogen-bond donors (Lipinski definition) is 2. The van der Waals surface area contributed by atoms with Crippen LogP contribution >= 0.6 is 0 Å². The number of piperidine rings is 1. The second-order valence-electron chi connectivity index (χ2n) is 9.09. The number of para-hydroxylation sites is 1. The molecule has 0 spiro atoms. The fourth-order valence-electron chi connectivity index (χ4n) is 4.39. The highest BCUT2D eigenvalue weighted by Crippen LogP contribution is 2.41. The van der Waals surface area contributed by atoms with E-state index >= 15 is 0 Å². The fraction of sp³-hybridized carbons (Fsp3) is 0.500. The van der Waals surface area contributed by atoms with E-state index < -0.39 is 11.7 Å². The number of fused-ring (bicyclic) bond motifs is 1. The quantitative estimate of drug-likeness (QED) is 0.758. The van der Waals surface area contributed by atoms with Crippen LogP contribution in [0, 0.1) is 5.82 Å². The molecule has 0 aromatic heterocycles. The molecule has 162 valence electrons. The van der Waals surface area contributed by atoms with E-state index in [-0.39, 0.29) is 18.0 Å². The van der Waals surface area contributed by atoms with E-state index in [1.54, 1.807) is 12.1 Å². The molecule has 1 atom stereocenters. The van der Waals surface area contributed by atoms with Crippen LogP contribution in [0.2, 0.25) is 0 Å². The summed E-state index contributed by atoms with van der Waals surface area (Å²) in [5.74, 6) is 1.14. The molecule has 0 aliphatic carbocycles. The number of likely N-dealkylation sites (tertiary alicyclic amines) is 1. The molecule has 5 nitrogen and oxygen atoms in total. The van der Waals surface area contributed by atoms with Gasteiger partial charge in [-0.05, 0) is 50.5 Å². The van der Waals surface area contributed by atoms with E-state index in [1.165, 1.54) is 12.1 Å². The van der Waals surface area contributed by atoms with Crippen LogP contribution < -0.4 is 9.47 Å². The molecular weight excluding hydrogens is 385 g/mol. The molecule has 2 heterocycles. The van der Waals surface area contributed by atoms with E-state index in [0.29, 0.717) is 38.2 Å². The van der Waals surface area contributed by atoms with Crippen LogP contribution in [0.3, 0.4) is 0 Å². The number of ether oxygens (including phenoxy) is 2. The molecule has 2 aromatic carbocycles. The van der Waals surface area contributed by atoms with Gasteiger partial charge < -0.3 is 24.6 Å². The van der Waals surface area contributed by atoms with Gasteiger partial charge in [0.15, 0.2) is 11.5 Å². The summed E-state index contributed by atoms with van der Waals surface area (Å²) in [7, 11) is 0. The number of aliphatic hydroxyl groups excluding tert-OH is 1. The third-order valence-electron chi connectivity index (χ3n) is 6.02. The van der Waals surface area contributed by atoms with Gasteiger partial charge in [-0.3, -0.25) is 0 Å². The predicted octanol–water partition coefficient (Wildman–Crippen LogP) is 3.26. The Morgan fingerprint density at radius 1 is 1.13 bits per heavy atom. The minimum atomic E-state index is -0.944. The van der Waals surface area contributed by atoms with Crippen LogP contribution in [0.15, 0.2) is 42.5 Å². The lowest BCUT2D eigenvalue weighted by Crippen LogP contribution is -2.46. The van der Waals surface area contributed by atoms with Gasteiger partial charge >= 0.3 is 0 Å². The smallest absolute Gasteiger partial charge is 0.165 e. The molecule has 2 aliphatic heterocycles.